The van der Waals surface area contributed by atoms with Crippen LogP contribution in [0.25, 0.3) is 0 Å². The lowest BCUT2D eigenvalue weighted by Crippen LogP contribution is -2.47. The van der Waals surface area contributed by atoms with Gasteiger partial charge in [0.1, 0.15) is 0 Å². The van der Waals surface area contributed by atoms with E-state index in [1.165, 1.54) is 0 Å². The Balaban J connectivity index is 1.27. The van der Waals surface area contributed by atoms with E-state index in [9.17, 15) is 16.8 Å². The molecule has 176 valence electrons. The summed E-state index contributed by atoms with van der Waals surface area (Å²) in [5.74, 6) is 0. The molecular weight excluding hydrogens is 448 g/mol. The molecule has 32 heavy (non-hydrogen) atoms. The minimum Gasteiger partial charge on any atom is -0.301 e. The van der Waals surface area contributed by atoms with E-state index in [4.69, 9.17) is 0 Å². The maximum Gasteiger partial charge on any atom is 0.240 e. The van der Waals surface area contributed by atoms with Crippen molar-refractivity contribution in [3.63, 3.8) is 0 Å². The van der Waals surface area contributed by atoms with Crippen molar-refractivity contribution in [2.24, 2.45) is 0 Å². The summed E-state index contributed by atoms with van der Waals surface area (Å²) >= 11 is 0. The first-order valence-corrected chi connectivity index (χ1v) is 13.9. The third-order valence-corrected chi connectivity index (χ3v) is 8.41. The van der Waals surface area contributed by atoms with E-state index in [0.29, 0.717) is 22.9 Å². The van der Waals surface area contributed by atoms with E-state index >= 15 is 0 Å². The van der Waals surface area contributed by atoms with Crippen molar-refractivity contribution in [2.75, 3.05) is 52.4 Å². The van der Waals surface area contributed by atoms with Crippen molar-refractivity contribution in [2.45, 2.75) is 22.6 Å². The van der Waals surface area contributed by atoms with Gasteiger partial charge in [-0.1, -0.05) is 36.4 Å². The van der Waals surface area contributed by atoms with E-state index in [1.54, 1.807) is 60.7 Å². The monoisotopic (exact) mass is 480 g/mol. The number of nitrogens with one attached hydrogen (secondary N) is 2. The molecule has 0 aliphatic carbocycles. The molecule has 2 N–H and O–H groups in total. The first kappa shape index (κ1) is 24.8. The summed E-state index contributed by atoms with van der Waals surface area (Å²) < 4.78 is 54.2. The second-order valence-corrected chi connectivity index (χ2v) is 11.3. The molecule has 0 aromatic heterocycles. The second kappa shape index (κ2) is 11.9. The van der Waals surface area contributed by atoms with Crippen molar-refractivity contribution in [3.05, 3.63) is 60.7 Å². The third kappa shape index (κ3) is 7.65. The van der Waals surface area contributed by atoms with Crippen LogP contribution in [0.15, 0.2) is 70.5 Å². The molecule has 0 spiro atoms. The molecule has 1 fully saturated rings. The van der Waals surface area contributed by atoms with E-state index < -0.39 is 20.0 Å². The van der Waals surface area contributed by atoms with Gasteiger partial charge in [0.05, 0.1) is 9.79 Å². The Bertz CT molecular complexity index is 939. The van der Waals surface area contributed by atoms with Crippen LogP contribution in [0, 0.1) is 0 Å². The molecule has 1 heterocycles. The van der Waals surface area contributed by atoms with Gasteiger partial charge in [0.25, 0.3) is 0 Å². The zero-order valence-electron chi connectivity index (χ0n) is 18.2. The van der Waals surface area contributed by atoms with Crippen LogP contribution in [-0.2, 0) is 20.0 Å². The lowest BCUT2D eigenvalue weighted by atomic mass is 10.2. The average Bonchev–Trinajstić information content (AvgIpc) is 2.82. The largest absolute Gasteiger partial charge is 0.301 e. The molecule has 10 heteroatoms. The molecule has 8 nitrogen and oxygen atoms in total. The number of sulfonamides is 2. The maximum atomic E-state index is 12.2. The molecule has 1 aliphatic rings. The van der Waals surface area contributed by atoms with Crippen molar-refractivity contribution in [1.82, 2.24) is 19.2 Å². The highest BCUT2D eigenvalue weighted by molar-refractivity contribution is 7.89. The lowest BCUT2D eigenvalue weighted by molar-refractivity contribution is 0.131. The van der Waals surface area contributed by atoms with Gasteiger partial charge < -0.3 is 9.80 Å². The quantitative estimate of drug-likeness (QED) is 0.445. The van der Waals surface area contributed by atoms with E-state index in [0.717, 1.165) is 52.1 Å². The van der Waals surface area contributed by atoms with Gasteiger partial charge in [-0.05, 0) is 50.2 Å². The van der Waals surface area contributed by atoms with Crippen LogP contribution >= 0.6 is 0 Å². The van der Waals surface area contributed by atoms with Gasteiger partial charge in [-0.3, -0.25) is 0 Å². The minimum absolute atomic E-state index is 0.291. The fourth-order valence-electron chi connectivity index (χ4n) is 3.62. The number of piperazine rings is 1. The molecule has 0 bridgehead atoms. The van der Waals surface area contributed by atoms with Crippen molar-refractivity contribution < 1.29 is 16.8 Å². The molecule has 2 aromatic rings. The summed E-state index contributed by atoms with van der Waals surface area (Å²) in [5, 5.41) is 0. The molecule has 2 aromatic carbocycles. The number of hydrogen-bond acceptors (Lipinski definition) is 6. The fraction of sp³-hybridized carbons (Fsp3) is 0.455. The molecule has 1 saturated heterocycles. The Morgan fingerprint density at radius 2 is 0.938 bits per heavy atom. The molecule has 3 rings (SSSR count). The second-order valence-electron chi connectivity index (χ2n) is 7.81. The Labute approximate surface area is 191 Å². The molecule has 0 unspecified atom stereocenters. The summed E-state index contributed by atoms with van der Waals surface area (Å²) in [6, 6.07) is 16.8. The van der Waals surface area contributed by atoms with Gasteiger partial charge in [0.15, 0.2) is 0 Å². The third-order valence-electron chi connectivity index (χ3n) is 5.46. The first-order valence-electron chi connectivity index (χ1n) is 10.9. The van der Waals surface area contributed by atoms with Gasteiger partial charge in [0, 0.05) is 39.3 Å². The Morgan fingerprint density at radius 3 is 1.28 bits per heavy atom. The molecule has 0 atom stereocenters. The Morgan fingerprint density at radius 1 is 0.594 bits per heavy atom. The zero-order valence-corrected chi connectivity index (χ0v) is 19.8. The molecule has 0 amide bonds. The van der Waals surface area contributed by atoms with Gasteiger partial charge in [-0.2, -0.15) is 0 Å². The fourth-order valence-corrected chi connectivity index (χ4v) is 5.81. The van der Waals surface area contributed by atoms with Crippen LogP contribution in [0.4, 0.5) is 0 Å². The van der Waals surface area contributed by atoms with Crippen LogP contribution < -0.4 is 9.44 Å². The average molecular weight is 481 g/mol. The summed E-state index contributed by atoms with van der Waals surface area (Å²) in [7, 11) is -6.88. The topological polar surface area (TPSA) is 98.8 Å². The predicted octanol–water partition coefficient (Wildman–Crippen LogP) is 1.34. The highest BCUT2D eigenvalue weighted by atomic mass is 32.2. The highest BCUT2D eigenvalue weighted by Gasteiger charge is 2.18. The van der Waals surface area contributed by atoms with E-state index in [-0.39, 0.29) is 0 Å². The smallest absolute Gasteiger partial charge is 0.240 e. The molecule has 1 aliphatic heterocycles. The number of hydrogen-bond donors (Lipinski definition) is 2. The van der Waals surface area contributed by atoms with Crippen molar-refractivity contribution in [1.29, 1.82) is 0 Å². The summed E-state index contributed by atoms with van der Waals surface area (Å²) in [5.41, 5.74) is 0. The first-order chi connectivity index (χ1) is 15.4. The van der Waals surface area contributed by atoms with E-state index in [2.05, 4.69) is 19.2 Å². The van der Waals surface area contributed by atoms with Crippen LogP contribution in [-0.4, -0.2) is 79.0 Å². The molecular formula is C22H32N4O4S2. The van der Waals surface area contributed by atoms with Gasteiger partial charge in [-0.15, -0.1) is 0 Å². The van der Waals surface area contributed by atoms with Crippen LogP contribution in [0.2, 0.25) is 0 Å². The van der Waals surface area contributed by atoms with Gasteiger partial charge in [-0.25, -0.2) is 26.3 Å². The Kier molecular flexibility index (Phi) is 9.21. The van der Waals surface area contributed by atoms with Crippen LogP contribution in [0.1, 0.15) is 12.8 Å². The summed E-state index contributed by atoms with van der Waals surface area (Å²) in [6.45, 7) is 6.26. The maximum absolute atomic E-state index is 12.2. The number of rotatable bonds is 12. The van der Waals surface area contributed by atoms with E-state index in [1.807, 2.05) is 0 Å². The zero-order chi connectivity index (χ0) is 22.9. The highest BCUT2D eigenvalue weighted by Crippen LogP contribution is 2.09. The van der Waals surface area contributed by atoms with Gasteiger partial charge >= 0.3 is 0 Å². The number of benzene rings is 2. The Hall–Kier alpha value is -1.82. The number of nitrogens with zero attached hydrogens (tertiary/aromatic N) is 2. The molecule has 0 saturated carbocycles. The standard InChI is InChI=1S/C22H32N4O4S2/c27-31(28,21-9-3-1-4-10-21)23-13-7-15-25-17-19-26(20-18-25)16-8-14-24-32(29,30)22-11-5-2-6-12-22/h1-6,9-12,23-24H,7-8,13-20H2. The lowest BCUT2D eigenvalue weighted by Gasteiger charge is -2.34. The normalized spacial score (nSPS) is 16.2. The summed E-state index contributed by atoms with van der Waals surface area (Å²) in [6.07, 6.45) is 1.51. The van der Waals surface area contributed by atoms with Crippen LogP contribution in [0.5, 0.6) is 0 Å². The van der Waals surface area contributed by atoms with Gasteiger partial charge in [0.2, 0.25) is 20.0 Å². The van der Waals surface area contributed by atoms with Crippen LogP contribution in [0.3, 0.4) is 0 Å². The molecule has 0 radical (unpaired) electrons. The minimum atomic E-state index is -3.44. The summed E-state index contributed by atoms with van der Waals surface area (Å²) in [4.78, 5) is 5.26. The van der Waals surface area contributed by atoms with Crippen molar-refractivity contribution >= 4 is 20.0 Å². The van der Waals surface area contributed by atoms with Crippen molar-refractivity contribution in [3.8, 4) is 0 Å². The predicted molar refractivity (Wildman–Crippen MR) is 125 cm³/mol. The SMILES string of the molecule is O=S(=O)(NCCCN1CCN(CCCNS(=O)(=O)c2ccccc2)CC1)c1ccccc1.